The van der Waals surface area contributed by atoms with Crippen molar-refractivity contribution in [2.24, 2.45) is 0 Å². The van der Waals surface area contributed by atoms with Crippen LogP contribution in [0, 0.1) is 11.3 Å². The van der Waals surface area contributed by atoms with Crippen LogP contribution in [0.2, 0.25) is 0 Å². The molecule has 4 nitrogen and oxygen atoms in total. The van der Waals surface area contributed by atoms with Gasteiger partial charge in [0.15, 0.2) is 0 Å². The lowest BCUT2D eigenvalue weighted by molar-refractivity contribution is -0.0547. The molecule has 0 heterocycles. The Kier molecular flexibility index (Phi) is 3.75. The van der Waals surface area contributed by atoms with Crippen molar-refractivity contribution in [1.82, 2.24) is 0 Å². The number of nitrogens with zero attached hydrogens (tertiary/aromatic N) is 1. The zero-order valence-electron chi connectivity index (χ0n) is 8.23. The number of hydrogen-bond acceptors (Lipinski definition) is 4. The molecule has 0 spiro atoms. The molecule has 0 aliphatic rings. The summed E-state index contributed by atoms with van der Waals surface area (Å²) >= 11 is 0. The minimum atomic E-state index is -5.60. The highest BCUT2D eigenvalue weighted by molar-refractivity contribution is 7.87. The van der Waals surface area contributed by atoms with E-state index in [1.165, 1.54) is 24.3 Å². The number of hydrogen-bond donors (Lipinski definition) is 0. The zero-order chi connectivity index (χ0) is 13.1. The lowest BCUT2D eigenvalue weighted by Gasteiger charge is -2.08. The van der Waals surface area contributed by atoms with E-state index in [1.807, 2.05) is 0 Å². The van der Waals surface area contributed by atoms with Gasteiger partial charge in [-0.25, -0.2) is 0 Å². The van der Waals surface area contributed by atoms with Gasteiger partial charge < -0.3 is 0 Å². The molecule has 0 unspecified atom stereocenters. The van der Waals surface area contributed by atoms with Crippen LogP contribution in [0.25, 0.3) is 0 Å². The minimum absolute atomic E-state index is 0.164. The number of rotatable bonds is 3. The van der Waals surface area contributed by atoms with Crippen LogP contribution in [0.15, 0.2) is 24.3 Å². The molecule has 0 aliphatic carbocycles. The SMILES string of the molecule is N#Cc1cccc(COS(=O)(=O)C(F)(F)F)c1. The minimum Gasteiger partial charge on any atom is -0.258 e. The predicted octanol–water partition coefficient (Wildman–Crippen LogP) is 1.92. The van der Waals surface area contributed by atoms with Gasteiger partial charge in [-0.1, -0.05) is 12.1 Å². The highest BCUT2D eigenvalue weighted by Gasteiger charge is 2.47. The lowest BCUT2D eigenvalue weighted by Crippen LogP contribution is -2.25. The molecule has 17 heavy (non-hydrogen) atoms. The molecular formula is C9H6F3NO3S. The Morgan fingerprint density at radius 3 is 2.53 bits per heavy atom. The van der Waals surface area contributed by atoms with E-state index >= 15 is 0 Å². The summed E-state index contributed by atoms with van der Waals surface area (Å²) in [6.07, 6.45) is 0. The van der Waals surface area contributed by atoms with Crippen LogP contribution < -0.4 is 0 Å². The highest BCUT2D eigenvalue weighted by Crippen LogP contribution is 2.25. The summed E-state index contributed by atoms with van der Waals surface area (Å²) in [5.41, 5.74) is -5.08. The van der Waals surface area contributed by atoms with Gasteiger partial charge in [-0.2, -0.15) is 26.9 Å². The second-order valence-corrected chi connectivity index (χ2v) is 4.58. The summed E-state index contributed by atoms with van der Waals surface area (Å²) in [5, 5.41) is 8.53. The maximum absolute atomic E-state index is 11.9. The van der Waals surface area contributed by atoms with E-state index in [1.54, 1.807) is 6.07 Å². The topological polar surface area (TPSA) is 67.2 Å². The van der Waals surface area contributed by atoms with Crippen molar-refractivity contribution in [3.8, 4) is 6.07 Å². The predicted molar refractivity (Wildman–Crippen MR) is 50.9 cm³/mol. The first-order valence-electron chi connectivity index (χ1n) is 4.21. The monoisotopic (exact) mass is 265 g/mol. The van der Waals surface area contributed by atoms with Crippen molar-refractivity contribution in [2.75, 3.05) is 0 Å². The van der Waals surface area contributed by atoms with Crippen molar-refractivity contribution in [2.45, 2.75) is 12.1 Å². The van der Waals surface area contributed by atoms with Gasteiger partial charge in [0.1, 0.15) is 0 Å². The molecule has 0 N–H and O–H groups in total. The van der Waals surface area contributed by atoms with E-state index < -0.39 is 22.2 Å². The van der Waals surface area contributed by atoms with Gasteiger partial charge in [0.2, 0.25) is 0 Å². The molecule has 1 aromatic carbocycles. The van der Waals surface area contributed by atoms with Gasteiger partial charge in [-0.3, -0.25) is 4.18 Å². The molecule has 92 valence electrons. The summed E-state index contributed by atoms with van der Waals surface area (Å²) < 4.78 is 60.7. The van der Waals surface area contributed by atoms with E-state index in [0.717, 1.165) is 0 Å². The van der Waals surface area contributed by atoms with Crippen LogP contribution in [0.4, 0.5) is 13.2 Å². The largest absolute Gasteiger partial charge is 0.523 e. The Morgan fingerprint density at radius 1 is 1.35 bits per heavy atom. The highest BCUT2D eigenvalue weighted by atomic mass is 32.2. The van der Waals surface area contributed by atoms with Crippen molar-refractivity contribution < 1.29 is 25.8 Å². The molecule has 0 atom stereocenters. The average molecular weight is 265 g/mol. The number of benzene rings is 1. The summed E-state index contributed by atoms with van der Waals surface area (Å²) in [7, 11) is -5.60. The molecular weight excluding hydrogens is 259 g/mol. The summed E-state index contributed by atoms with van der Waals surface area (Å²) in [6.45, 7) is -0.767. The molecule has 0 saturated heterocycles. The fraction of sp³-hybridized carbons (Fsp3) is 0.222. The Morgan fingerprint density at radius 2 is 2.00 bits per heavy atom. The quantitative estimate of drug-likeness (QED) is 0.618. The first-order valence-corrected chi connectivity index (χ1v) is 5.62. The molecule has 0 aliphatic heterocycles. The first-order chi connectivity index (χ1) is 7.76. The molecule has 1 rings (SSSR count). The Bertz CT molecular complexity index is 545. The zero-order valence-corrected chi connectivity index (χ0v) is 9.05. The molecule has 0 bridgehead atoms. The Hall–Kier alpha value is -1.59. The van der Waals surface area contributed by atoms with Crippen LogP contribution in [0.1, 0.15) is 11.1 Å². The van der Waals surface area contributed by atoms with Crippen LogP contribution in [-0.2, 0) is 20.9 Å². The average Bonchev–Trinajstić information content (AvgIpc) is 2.25. The fourth-order valence-electron chi connectivity index (χ4n) is 0.943. The Labute approximate surface area is 95.4 Å². The van der Waals surface area contributed by atoms with Gasteiger partial charge >= 0.3 is 15.6 Å². The van der Waals surface area contributed by atoms with Crippen molar-refractivity contribution >= 4 is 10.1 Å². The van der Waals surface area contributed by atoms with Gasteiger partial charge in [0.05, 0.1) is 18.2 Å². The second-order valence-electron chi connectivity index (χ2n) is 2.97. The van der Waals surface area contributed by atoms with E-state index in [9.17, 15) is 21.6 Å². The number of halogens is 3. The van der Waals surface area contributed by atoms with Gasteiger partial charge in [0.25, 0.3) is 0 Å². The molecule has 1 aromatic rings. The summed E-state index contributed by atoms with van der Waals surface area (Å²) in [4.78, 5) is 0. The van der Waals surface area contributed by atoms with Gasteiger partial charge in [0, 0.05) is 0 Å². The number of alkyl halides is 3. The van der Waals surface area contributed by atoms with Gasteiger partial charge in [-0.15, -0.1) is 0 Å². The lowest BCUT2D eigenvalue weighted by atomic mass is 10.1. The second kappa shape index (κ2) is 4.73. The smallest absolute Gasteiger partial charge is 0.258 e. The fourth-order valence-corrected chi connectivity index (χ4v) is 1.37. The third-order valence-corrected chi connectivity index (χ3v) is 2.72. The third-order valence-electron chi connectivity index (χ3n) is 1.72. The number of nitriles is 1. The van der Waals surface area contributed by atoms with Crippen LogP contribution in [0.3, 0.4) is 0 Å². The standard InChI is InChI=1S/C9H6F3NO3S/c10-9(11,12)17(14,15)16-6-8-3-1-2-7(4-8)5-13/h1-4H,6H2. The van der Waals surface area contributed by atoms with E-state index in [2.05, 4.69) is 4.18 Å². The van der Waals surface area contributed by atoms with E-state index in [4.69, 9.17) is 5.26 Å². The van der Waals surface area contributed by atoms with Crippen molar-refractivity contribution in [3.63, 3.8) is 0 Å². The maximum atomic E-state index is 11.9. The third kappa shape index (κ3) is 3.44. The molecule has 0 radical (unpaired) electrons. The van der Waals surface area contributed by atoms with E-state index in [0.29, 0.717) is 0 Å². The van der Waals surface area contributed by atoms with Crippen molar-refractivity contribution in [1.29, 1.82) is 5.26 Å². The molecule has 0 saturated carbocycles. The van der Waals surface area contributed by atoms with E-state index in [-0.39, 0.29) is 11.1 Å². The van der Waals surface area contributed by atoms with Crippen LogP contribution in [0.5, 0.6) is 0 Å². The van der Waals surface area contributed by atoms with Crippen LogP contribution in [-0.4, -0.2) is 13.9 Å². The normalized spacial score (nSPS) is 12.1. The summed E-state index contributed by atoms with van der Waals surface area (Å²) in [6, 6.07) is 7.21. The molecule has 0 aromatic heterocycles. The molecule has 0 amide bonds. The first kappa shape index (κ1) is 13.5. The molecule has 8 heteroatoms. The summed E-state index contributed by atoms with van der Waals surface area (Å²) in [5.74, 6) is 0. The van der Waals surface area contributed by atoms with Crippen molar-refractivity contribution in [3.05, 3.63) is 35.4 Å². The maximum Gasteiger partial charge on any atom is 0.523 e. The molecule has 0 fully saturated rings. The Balaban J connectivity index is 2.79. The van der Waals surface area contributed by atoms with Crippen LogP contribution >= 0.6 is 0 Å². The van der Waals surface area contributed by atoms with Gasteiger partial charge in [-0.05, 0) is 17.7 Å².